The minimum absolute atomic E-state index is 0. The van der Waals surface area contributed by atoms with E-state index in [9.17, 15) is 9.79 Å². The molecule has 0 bridgehead atoms. The average molecular weight is 319 g/mol. The molecule has 0 N–H and O–H groups in total. The van der Waals surface area contributed by atoms with Crippen molar-refractivity contribution in [2.75, 3.05) is 11.5 Å². The van der Waals surface area contributed by atoms with E-state index in [1.54, 1.807) is 0 Å². The molecule has 0 aliphatic rings. The van der Waals surface area contributed by atoms with Gasteiger partial charge in [-0.2, -0.15) is 0 Å². The van der Waals surface area contributed by atoms with Gasteiger partial charge in [0.05, 0.1) is 0 Å². The molecule has 0 fully saturated rings. The van der Waals surface area contributed by atoms with Gasteiger partial charge in [-0.3, -0.25) is 0 Å². The van der Waals surface area contributed by atoms with Gasteiger partial charge in [-0.25, -0.2) is 10.1 Å². The first-order valence-corrected chi connectivity index (χ1v) is 9.74. The Hall–Kier alpha value is 1.57. The first kappa shape index (κ1) is 18.9. The Bertz CT molecular complexity index is 218. The second-order valence-corrected chi connectivity index (χ2v) is 12.0. The summed E-state index contributed by atoms with van der Waals surface area (Å²) < 4.78 is 0. The molecule has 0 aromatic carbocycles. The van der Waals surface area contributed by atoms with E-state index in [1.807, 2.05) is 13.8 Å². The zero-order chi connectivity index (χ0) is 11.4. The number of hydrogen-bond donors (Lipinski definition) is 0. The summed E-state index contributed by atoms with van der Waals surface area (Å²) in [5.74, 6) is 2.45. The minimum Gasteiger partial charge on any atom is -0.854 e. The predicted octanol–water partition coefficient (Wildman–Crippen LogP) is 1.25. The summed E-state index contributed by atoms with van der Waals surface area (Å²) in [7, 11) is -0.578. The molecule has 0 aliphatic heterocycles. The SMILES string of the molecule is CC(C)CCS(CC(C)C)=P([O-])([O-])[S-].[Cu+2]. The average Bonchev–Trinajstić information content (AvgIpc) is 1.94. The molecule has 1 radical (unpaired) electrons. The van der Waals surface area contributed by atoms with Crippen molar-refractivity contribution in [3.05, 3.63) is 0 Å². The molecule has 0 aliphatic carbocycles. The van der Waals surface area contributed by atoms with Crippen LogP contribution in [0.3, 0.4) is 0 Å². The van der Waals surface area contributed by atoms with Gasteiger partial charge in [-0.15, -0.1) is 0 Å². The minimum atomic E-state index is -3.52. The van der Waals surface area contributed by atoms with Crippen molar-refractivity contribution < 1.29 is 26.9 Å². The van der Waals surface area contributed by atoms with Crippen molar-refractivity contribution in [1.82, 2.24) is 0 Å². The fourth-order valence-corrected chi connectivity index (χ4v) is 6.78. The van der Waals surface area contributed by atoms with Crippen LogP contribution >= 0.6 is 5.69 Å². The molecule has 1 unspecified atom stereocenters. The summed E-state index contributed by atoms with van der Waals surface area (Å²) in [6, 6.07) is 0. The first-order chi connectivity index (χ1) is 6.23. The maximum absolute atomic E-state index is 11.3. The second-order valence-electron chi connectivity index (χ2n) is 4.36. The van der Waals surface area contributed by atoms with Gasteiger partial charge < -0.3 is 27.7 Å². The van der Waals surface area contributed by atoms with E-state index in [2.05, 4.69) is 26.1 Å². The van der Waals surface area contributed by atoms with Gasteiger partial charge in [-0.05, 0) is 29.8 Å². The molecular formula is C9H20CuO2PS2-. The van der Waals surface area contributed by atoms with E-state index in [-0.39, 0.29) is 17.1 Å². The molecule has 0 rings (SSSR count). The normalized spacial score (nSPS) is 14.2. The van der Waals surface area contributed by atoms with Crippen LogP contribution in [0.15, 0.2) is 0 Å². The summed E-state index contributed by atoms with van der Waals surface area (Å²) in [6.07, 6.45) is 0.957. The van der Waals surface area contributed by atoms with Crippen LogP contribution in [-0.2, 0) is 39.4 Å². The molecule has 2 nitrogen and oxygen atoms in total. The molecule has 0 saturated carbocycles. The summed E-state index contributed by atoms with van der Waals surface area (Å²) in [5.41, 5.74) is -3.52. The van der Waals surface area contributed by atoms with Gasteiger partial charge in [0.25, 0.3) is 0 Å². The van der Waals surface area contributed by atoms with E-state index in [4.69, 9.17) is 0 Å². The molecule has 0 aromatic heterocycles. The van der Waals surface area contributed by atoms with Gasteiger partial charge in [0.2, 0.25) is 0 Å². The molecular weight excluding hydrogens is 299 g/mol. The molecule has 0 aromatic rings. The summed E-state index contributed by atoms with van der Waals surface area (Å²) in [6.45, 7) is 8.30. The van der Waals surface area contributed by atoms with Crippen LogP contribution in [0.4, 0.5) is 0 Å². The Morgan fingerprint density at radius 3 is 1.87 bits per heavy atom. The van der Waals surface area contributed by atoms with Crippen molar-refractivity contribution >= 4 is 28.0 Å². The Morgan fingerprint density at radius 1 is 1.13 bits per heavy atom. The van der Waals surface area contributed by atoms with Gasteiger partial charge >= 0.3 is 17.1 Å². The molecule has 0 heterocycles. The Morgan fingerprint density at radius 2 is 1.60 bits per heavy atom. The van der Waals surface area contributed by atoms with E-state index in [0.717, 1.165) is 17.9 Å². The topological polar surface area (TPSA) is 46.1 Å². The van der Waals surface area contributed by atoms with Crippen molar-refractivity contribution in [3.8, 4) is 0 Å². The van der Waals surface area contributed by atoms with Gasteiger partial charge in [-0.1, -0.05) is 27.7 Å². The van der Waals surface area contributed by atoms with E-state index < -0.39 is 15.8 Å². The fourth-order valence-electron chi connectivity index (χ4n) is 1.04. The number of rotatable bonds is 5. The molecule has 15 heavy (non-hydrogen) atoms. The summed E-state index contributed by atoms with van der Waals surface area (Å²) in [4.78, 5) is 22.7. The fraction of sp³-hybridized carbons (Fsp3) is 1.00. The monoisotopic (exact) mass is 318 g/mol. The van der Waals surface area contributed by atoms with Crippen LogP contribution in [-0.4, -0.2) is 11.5 Å². The van der Waals surface area contributed by atoms with Crippen LogP contribution in [0.2, 0.25) is 0 Å². The first-order valence-electron chi connectivity index (χ1n) is 4.93. The molecule has 0 saturated heterocycles. The maximum Gasteiger partial charge on any atom is 2.00 e. The zero-order valence-electron chi connectivity index (χ0n) is 9.66. The maximum atomic E-state index is 11.3. The Labute approximate surface area is 112 Å². The molecule has 0 amide bonds. The van der Waals surface area contributed by atoms with Crippen LogP contribution in [0.1, 0.15) is 34.1 Å². The van der Waals surface area contributed by atoms with Gasteiger partial charge in [0, 0.05) is 0 Å². The van der Waals surface area contributed by atoms with Crippen molar-refractivity contribution in [2.24, 2.45) is 11.8 Å². The summed E-state index contributed by atoms with van der Waals surface area (Å²) in [5, 5.41) is 0. The third kappa shape index (κ3) is 10.4. The van der Waals surface area contributed by atoms with E-state index in [0.29, 0.717) is 11.8 Å². The van der Waals surface area contributed by atoms with E-state index in [1.165, 1.54) is 0 Å². The van der Waals surface area contributed by atoms with Crippen LogP contribution in [0.5, 0.6) is 0 Å². The van der Waals surface area contributed by atoms with Crippen LogP contribution < -0.4 is 9.79 Å². The van der Waals surface area contributed by atoms with E-state index >= 15 is 0 Å². The smallest absolute Gasteiger partial charge is 0.854 e. The van der Waals surface area contributed by atoms with Crippen LogP contribution in [0.25, 0.3) is 0 Å². The molecule has 6 heteroatoms. The van der Waals surface area contributed by atoms with Crippen LogP contribution in [0, 0.1) is 11.8 Å². The zero-order valence-corrected chi connectivity index (χ0v) is 13.1. The largest absolute Gasteiger partial charge is 2.00 e. The standard InChI is InChI=1S/C9H20O2PS2.Cu/c1-8(2)5-6-14(7-9(3)4)12(10,11)13;/h8-9H,5-7H2,1-4H3;/q-3;+2. The second kappa shape index (κ2) is 8.63. The van der Waals surface area contributed by atoms with Crippen molar-refractivity contribution in [3.63, 3.8) is 0 Å². The Kier molecular flexibility index (Phi) is 10.9. The quantitative estimate of drug-likeness (QED) is 0.435. The Balaban J connectivity index is 0. The van der Waals surface area contributed by atoms with Crippen molar-refractivity contribution in [1.29, 1.82) is 0 Å². The molecule has 97 valence electrons. The molecule has 1 atom stereocenters. The summed E-state index contributed by atoms with van der Waals surface area (Å²) >= 11 is 4.59. The third-order valence-electron chi connectivity index (χ3n) is 1.77. The third-order valence-corrected chi connectivity index (χ3v) is 8.95. The van der Waals surface area contributed by atoms with Gasteiger partial charge in [0.15, 0.2) is 0 Å². The molecule has 0 spiro atoms. The predicted molar refractivity (Wildman–Crippen MR) is 65.7 cm³/mol. The van der Waals surface area contributed by atoms with Gasteiger partial charge in [0.1, 0.15) is 0 Å². The number of hydrogen-bond acceptors (Lipinski definition) is 3. The van der Waals surface area contributed by atoms with Crippen molar-refractivity contribution in [2.45, 2.75) is 34.1 Å².